The van der Waals surface area contributed by atoms with Gasteiger partial charge < -0.3 is 10.6 Å². The maximum absolute atomic E-state index is 12.1. The summed E-state index contributed by atoms with van der Waals surface area (Å²) in [5.41, 5.74) is 1.55. The van der Waals surface area contributed by atoms with Gasteiger partial charge in [0.1, 0.15) is 0 Å². The number of halogens is 2. The highest BCUT2D eigenvalue weighted by molar-refractivity contribution is 6.31. The molecular weight excluding hydrogens is 271 g/mol. The van der Waals surface area contributed by atoms with Crippen LogP contribution in [0.1, 0.15) is 15.9 Å². The van der Waals surface area contributed by atoms with Crippen molar-refractivity contribution in [2.45, 2.75) is 13.0 Å². The second kappa shape index (κ2) is 5.08. The number of rotatable bonds is 2. The molecule has 18 heavy (non-hydrogen) atoms. The molecule has 0 aromatic heterocycles. The van der Waals surface area contributed by atoms with E-state index < -0.39 is 0 Å². The predicted octanol–water partition coefficient (Wildman–Crippen LogP) is 2.02. The van der Waals surface area contributed by atoms with E-state index in [2.05, 4.69) is 10.6 Å². The molecule has 3 rings (SSSR count). The number of amides is 1. The minimum Gasteiger partial charge on any atom is -0.349 e. The Kier molecular flexibility index (Phi) is 3.85. The van der Waals surface area contributed by atoms with Crippen LogP contribution in [0.15, 0.2) is 18.2 Å². The van der Waals surface area contributed by atoms with Crippen molar-refractivity contribution in [1.29, 1.82) is 0 Å². The molecule has 1 saturated heterocycles. The summed E-state index contributed by atoms with van der Waals surface area (Å²) in [5, 5.41) is 7.06. The highest BCUT2D eigenvalue weighted by Crippen LogP contribution is 2.41. The van der Waals surface area contributed by atoms with E-state index in [9.17, 15) is 4.79 Å². The maximum atomic E-state index is 12.1. The van der Waals surface area contributed by atoms with Gasteiger partial charge in [0, 0.05) is 29.7 Å². The summed E-state index contributed by atoms with van der Waals surface area (Å²) in [6.45, 7) is 3.95. The van der Waals surface area contributed by atoms with Crippen molar-refractivity contribution in [3.8, 4) is 0 Å². The molecule has 1 aliphatic heterocycles. The van der Waals surface area contributed by atoms with Crippen LogP contribution in [0.2, 0.25) is 5.02 Å². The molecule has 2 fully saturated rings. The molecule has 3 nitrogen and oxygen atoms in total. The SMILES string of the molecule is Cc1c(Cl)cccc1C(=O)NC1C2CNCC21.Cl. The number of hydrogen-bond donors (Lipinski definition) is 2. The van der Waals surface area contributed by atoms with E-state index in [1.165, 1.54) is 0 Å². The van der Waals surface area contributed by atoms with Crippen molar-refractivity contribution in [2.24, 2.45) is 11.8 Å². The summed E-state index contributed by atoms with van der Waals surface area (Å²) in [4.78, 5) is 12.1. The van der Waals surface area contributed by atoms with Crippen LogP contribution in [-0.4, -0.2) is 25.0 Å². The van der Waals surface area contributed by atoms with Gasteiger partial charge in [-0.1, -0.05) is 17.7 Å². The summed E-state index contributed by atoms with van der Waals surface area (Å²) in [7, 11) is 0. The van der Waals surface area contributed by atoms with Gasteiger partial charge in [-0.05, 0) is 36.5 Å². The molecule has 2 N–H and O–H groups in total. The molecule has 1 saturated carbocycles. The van der Waals surface area contributed by atoms with Crippen molar-refractivity contribution < 1.29 is 4.79 Å². The number of fused-ring (bicyclic) bond motifs is 1. The summed E-state index contributed by atoms with van der Waals surface area (Å²) in [6, 6.07) is 5.82. The smallest absolute Gasteiger partial charge is 0.251 e. The standard InChI is InChI=1S/C13H15ClN2O.ClH/c1-7-8(3-2-4-11(7)14)13(17)16-12-9-5-15-6-10(9)12;/h2-4,9-10,12,15H,5-6H2,1H3,(H,16,17);1H. The third kappa shape index (κ3) is 2.22. The molecule has 1 aromatic rings. The van der Waals surface area contributed by atoms with E-state index in [4.69, 9.17) is 11.6 Å². The lowest BCUT2D eigenvalue weighted by Crippen LogP contribution is -2.32. The van der Waals surface area contributed by atoms with Crippen LogP contribution in [0.25, 0.3) is 0 Å². The Morgan fingerprint density at radius 2 is 2.06 bits per heavy atom. The van der Waals surface area contributed by atoms with Gasteiger partial charge >= 0.3 is 0 Å². The molecule has 1 heterocycles. The van der Waals surface area contributed by atoms with Crippen LogP contribution < -0.4 is 10.6 Å². The zero-order valence-corrected chi connectivity index (χ0v) is 11.6. The average Bonchev–Trinajstić information content (AvgIpc) is 2.76. The molecule has 2 aliphatic rings. The lowest BCUT2D eigenvalue weighted by molar-refractivity contribution is 0.0946. The van der Waals surface area contributed by atoms with Gasteiger partial charge in [0.05, 0.1) is 0 Å². The number of piperidine rings is 1. The Bertz CT molecular complexity index is 468. The van der Waals surface area contributed by atoms with E-state index in [-0.39, 0.29) is 18.3 Å². The van der Waals surface area contributed by atoms with Gasteiger partial charge in [0.2, 0.25) is 0 Å². The lowest BCUT2D eigenvalue weighted by atomic mass is 10.1. The van der Waals surface area contributed by atoms with Crippen LogP contribution in [0.5, 0.6) is 0 Å². The minimum atomic E-state index is 0. The fraction of sp³-hybridized carbons (Fsp3) is 0.462. The van der Waals surface area contributed by atoms with Crippen LogP contribution in [0.3, 0.4) is 0 Å². The maximum Gasteiger partial charge on any atom is 0.251 e. The monoisotopic (exact) mass is 286 g/mol. The van der Waals surface area contributed by atoms with Crippen molar-refractivity contribution in [3.05, 3.63) is 34.3 Å². The van der Waals surface area contributed by atoms with E-state index >= 15 is 0 Å². The summed E-state index contributed by atoms with van der Waals surface area (Å²) in [6.07, 6.45) is 0. The molecular formula is C13H16Cl2N2O. The normalized spacial score (nSPS) is 28.2. The molecule has 0 bridgehead atoms. The van der Waals surface area contributed by atoms with Crippen LogP contribution in [0.4, 0.5) is 0 Å². The van der Waals surface area contributed by atoms with Gasteiger partial charge in [0.15, 0.2) is 0 Å². The van der Waals surface area contributed by atoms with Crippen molar-refractivity contribution in [3.63, 3.8) is 0 Å². The molecule has 0 radical (unpaired) electrons. The van der Waals surface area contributed by atoms with Gasteiger partial charge in [-0.15, -0.1) is 12.4 Å². The molecule has 1 amide bonds. The molecule has 2 atom stereocenters. The first kappa shape index (κ1) is 13.7. The summed E-state index contributed by atoms with van der Waals surface area (Å²) in [5.74, 6) is 1.28. The van der Waals surface area contributed by atoms with Crippen molar-refractivity contribution in [1.82, 2.24) is 10.6 Å². The molecule has 5 heteroatoms. The Labute approximate surface area is 118 Å². The third-order valence-electron chi connectivity index (χ3n) is 3.90. The number of hydrogen-bond acceptors (Lipinski definition) is 2. The number of carbonyl (C=O) groups is 1. The quantitative estimate of drug-likeness (QED) is 0.873. The number of nitrogens with one attached hydrogen (secondary N) is 2. The molecule has 0 spiro atoms. The van der Waals surface area contributed by atoms with E-state index in [0.29, 0.717) is 28.5 Å². The summed E-state index contributed by atoms with van der Waals surface area (Å²) >= 11 is 6.02. The van der Waals surface area contributed by atoms with Crippen molar-refractivity contribution in [2.75, 3.05) is 13.1 Å². The zero-order valence-electron chi connectivity index (χ0n) is 10.1. The van der Waals surface area contributed by atoms with Gasteiger partial charge in [-0.25, -0.2) is 0 Å². The first-order valence-corrected chi connectivity index (χ1v) is 6.33. The Morgan fingerprint density at radius 3 is 2.72 bits per heavy atom. The van der Waals surface area contributed by atoms with E-state index in [0.717, 1.165) is 18.7 Å². The van der Waals surface area contributed by atoms with Crippen molar-refractivity contribution >= 4 is 29.9 Å². The molecule has 1 aromatic carbocycles. The number of carbonyl (C=O) groups excluding carboxylic acids is 1. The van der Waals surface area contributed by atoms with Gasteiger partial charge in [-0.2, -0.15) is 0 Å². The first-order valence-electron chi connectivity index (χ1n) is 5.95. The highest BCUT2D eigenvalue weighted by atomic mass is 35.5. The lowest BCUT2D eigenvalue weighted by Gasteiger charge is -2.10. The van der Waals surface area contributed by atoms with Gasteiger partial charge in [-0.3, -0.25) is 4.79 Å². The molecule has 98 valence electrons. The summed E-state index contributed by atoms with van der Waals surface area (Å²) < 4.78 is 0. The number of benzene rings is 1. The minimum absolute atomic E-state index is 0. The molecule has 1 aliphatic carbocycles. The second-order valence-electron chi connectivity index (χ2n) is 4.90. The molecule has 2 unspecified atom stereocenters. The second-order valence-corrected chi connectivity index (χ2v) is 5.30. The largest absolute Gasteiger partial charge is 0.349 e. The first-order chi connectivity index (χ1) is 8.18. The van der Waals surface area contributed by atoms with Crippen LogP contribution in [-0.2, 0) is 0 Å². The zero-order chi connectivity index (χ0) is 12.0. The Hall–Kier alpha value is -0.770. The Balaban J connectivity index is 0.00000120. The predicted molar refractivity (Wildman–Crippen MR) is 74.5 cm³/mol. The van der Waals surface area contributed by atoms with Gasteiger partial charge in [0.25, 0.3) is 5.91 Å². The third-order valence-corrected chi connectivity index (χ3v) is 4.31. The fourth-order valence-electron chi connectivity index (χ4n) is 2.72. The Morgan fingerprint density at radius 1 is 1.39 bits per heavy atom. The van der Waals surface area contributed by atoms with E-state index in [1.54, 1.807) is 0 Å². The topological polar surface area (TPSA) is 41.1 Å². The highest BCUT2D eigenvalue weighted by Gasteiger charge is 2.53. The van der Waals surface area contributed by atoms with E-state index in [1.807, 2.05) is 25.1 Å². The fourth-order valence-corrected chi connectivity index (χ4v) is 2.89. The average molecular weight is 287 g/mol. The van der Waals surface area contributed by atoms with Crippen LogP contribution >= 0.6 is 24.0 Å². The van der Waals surface area contributed by atoms with Crippen LogP contribution in [0, 0.1) is 18.8 Å².